The molecule has 0 bridgehead atoms. The fourth-order valence-corrected chi connectivity index (χ4v) is 7.84. The van der Waals surface area contributed by atoms with Crippen LogP contribution in [0.4, 0.5) is 4.79 Å². The molecule has 0 N–H and O–H groups in total. The van der Waals surface area contributed by atoms with Crippen molar-refractivity contribution < 1.29 is 33.3 Å². The molecule has 0 saturated carbocycles. The van der Waals surface area contributed by atoms with E-state index in [-0.39, 0.29) is 24.3 Å². The molecule has 2 saturated heterocycles. The molecule has 5 rings (SSSR count). The number of carbonyl (C=O) groups is 2. The third-order valence-electron chi connectivity index (χ3n) is 10.5. The van der Waals surface area contributed by atoms with E-state index in [4.69, 9.17) is 23.7 Å². The molecule has 2 aliphatic heterocycles. The van der Waals surface area contributed by atoms with Crippen molar-refractivity contribution in [3.8, 4) is 0 Å². The Morgan fingerprint density at radius 1 is 0.825 bits per heavy atom. The minimum Gasteiger partial charge on any atom is -0.444 e. The van der Waals surface area contributed by atoms with Crippen molar-refractivity contribution in [1.82, 2.24) is 9.80 Å². The molecule has 57 heavy (non-hydrogen) atoms. The highest BCUT2D eigenvalue weighted by Gasteiger charge is 2.53. The fourth-order valence-electron chi connectivity index (χ4n) is 7.84. The average Bonchev–Trinajstić information content (AvgIpc) is 3.63. The molecule has 3 aromatic carbocycles. The van der Waals surface area contributed by atoms with Gasteiger partial charge in [-0.05, 0) is 68.6 Å². The zero-order valence-corrected chi connectivity index (χ0v) is 35.1. The van der Waals surface area contributed by atoms with Gasteiger partial charge in [0, 0.05) is 13.1 Å². The Kier molecular flexibility index (Phi) is 16.8. The summed E-state index contributed by atoms with van der Waals surface area (Å²) in [6.07, 6.45) is 3.27. The van der Waals surface area contributed by atoms with Crippen molar-refractivity contribution in [3.63, 3.8) is 0 Å². The summed E-state index contributed by atoms with van der Waals surface area (Å²) in [5, 5.41) is 0. The number of rotatable bonds is 19. The van der Waals surface area contributed by atoms with Crippen molar-refractivity contribution in [2.24, 2.45) is 11.8 Å². The van der Waals surface area contributed by atoms with Gasteiger partial charge in [-0.15, -0.1) is 6.58 Å². The first-order valence-corrected chi connectivity index (χ1v) is 21.0. The highest BCUT2D eigenvalue weighted by molar-refractivity contribution is 5.86. The third kappa shape index (κ3) is 13.0. The molecule has 7 unspecified atom stereocenters. The Bertz CT molecular complexity index is 1650. The smallest absolute Gasteiger partial charge is 0.410 e. The topological polar surface area (TPSA) is 86.8 Å². The van der Waals surface area contributed by atoms with Gasteiger partial charge in [-0.1, -0.05) is 137 Å². The summed E-state index contributed by atoms with van der Waals surface area (Å²) in [6.45, 7) is 17.8. The van der Waals surface area contributed by atoms with Crippen molar-refractivity contribution in [1.29, 1.82) is 0 Å². The Morgan fingerprint density at radius 2 is 1.35 bits per heavy atom. The second-order valence-electron chi connectivity index (χ2n) is 17.0. The van der Waals surface area contributed by atoms with Gasteiger partial charge in [0.05, 0.1) is 25.9 Å². The zero-order chi connectivity index (χ0) is 40.8. The molecule has 0 aromatic heterocycles. The van der Waals surface area contributed by atoms with Crippen LogP contribution in [0.25, 0.3) is 0 Å². The summed E-state index contributed by atoms with van der Waals surface area (Å²) >= 11 is 0. The summed E-state index contributed by atoms with van der Waals surface area (Å²) in [5.41, 5.74) is 2.31. The highest BCUT2D eigenvalue weighted by Crippen LogP contribution is 2.37. The number of hydrogen-bond acceptors (Lipinski definition) is 7. The molecule has 2 fully saturated rings. The van der Waals surface area contributed by atoms with Crippen LogP contribution in [0.15, 0.2) is 104 Å². The van der Waals surface area contributed by atoms with Gasteiger partial charge in [0.2, 0.25) is 5.91 Å². The number of carbonyl (C=O) groups excluding carboxylic acids is 2. The van der Waals surface area contributed by atoms with E-state index in [2.05, 4.69) is 27.4 Å². The normalized spacial score (nSPS) is 23.7. The summed E-state index contributed by atoms with van der Waals surface area (Å²) in [7, 11) is 0. The van der Waals surface area contributed by atoms with Crippen LogP contribution >= 0.6 is 0 Å². The molecule has 9 heteroatoms. The van der Waals surface area contributed by atoms with E-state index in [9.17, 15) is 4.79 Å². The molecule has 7 atom stereocenters. The summed E-state index contributed by atoms with van der Waals surface area (Å²) < 4.78 is 33.7. The number of hydrogen-bond donors (Lipinski definition) is 0. The first-order chi connectivity index (χ1) is 27.5. The lowest BCUT2D eigenvalue weighted by Crippen LogP contribution is -2.66. The zero-order valence-electron chi connectivity index (χ0n) is 35.1. The number of amides is 2. The van der Waals surface area contributed by atoms with Gasteiger partial charge in [0.15, 0.2) is 6.23 Å². The van der Waals surface area contributed by atoms with Crippen molar-refractivity contribution >= 4 is 12.0 Å². The second-order valence-corrected chi connectivity index (χ2v) is 17.0. The second kappa shape index (κ2) is 21.7. The lowest BCUT2D eigenvalue weighted by molar-refractivity contribution is -0.290. The quantitative estimate of drug-likeness (QED) is 0.0885. The van der Waals surface area contributed by atoms with E-state index in [0.717, 1.165) is 42.4 Å². The first kappa shape index (κ1) is 44.1. The number of unbranched alkanes of at least 4 members (excludes halogenated alkanes) is 2. The predicted octanol–water partition coefficient (Wildman–Crippen LogP) is 9.73. The predicted molar refractivity (Wildman–Crippen MR) is 224 cm³/mol. The molecule has 0 spiro atoms. The lowest BCUT2D eigenvalue weighted by Gasteiger charge is -2.50. The van der Waals surface area contributed by atoms with E-state index >= 15 is 4.79 Å². The molecule has 9 nitrogen and oxygen atoms in total. The summed E-state index contributed by atoms with van der Waals surface area (Å²) in [5.74, 6) is 0.0916. The number of likely N-dealkylation sites (tertiary alicyclic amines) is 1. The van der Waals surface area contributed by atoms with Gasteiger partial charge in [-0.3, -0.25) is 9.69 Å². The van der Waals surface area contributed by atoms with Crippen LogP contribution in [0.2, 0.25) is 0 Å². The Balaban J connectivity index is 1.56. The monoisotopic (exact) mass is 782 g/mol. The van der Waals surface area contributed by atoms with Gasteiger partial charge in [0.1, 0.15) is 30.0 Å². The van der Waals surface area contributed by atoms with E-state index in [1.807, 2.05) is 123 Å². The molecule has 2 heterocycles. The van der Waals surface area contributed by atoms with Crippen molar-refractivity contribution in [3.05, 3.63) is 120 Å². The Labute approximate surface area is 341 Å². The van der Waals surface area contributed by atoms with Gasteiger partial charge in [-0.25, -0.2) is 4.79 Å². The standard InChI is InChI=1S/C48H66N2O7/c1-8-10-14-28-39-29-40(49(31-39)47(52)57-48(5,6)7)45(51)50(30-35(3)4)46-44(55-34-38-26-19-13-20-27-38)43(54-33-37-24-17-12-18-25-37)42(41(56-46)21-9-2)53-32-36-22-15-11-16-23-36/h9,11-13,15-20,22-27,35,39-44,46H,2,8,10,14,21,28-34H2,1,3-7H3. The average molecular weight is 783 g/mol. The molecule has 0 aliphatic carbocycles. The largest absolute Gasteiger partial charge is 0.444 e. The highest BCUT2D eigenvalue weighted by atomic mass is 16.6. The number of nitrogens with zero attached hydrogens (tertiary/aromatic N) is 2. The Morgan fingerprint density at radius 3 is 1.84 bits per heavy atom. The molecule has 2 amide bonds. The molecule has 3 aromatic rings. The van der Waals surface area contributed by atoms with E-state index in [0.29, 0.717) is 39.1 Å². The maximum atomic E-state index is 15.3. The van der Waals surface area contributed by atoms with Crippen molar-refractivity contribution in [2.45, 2.75) is 142 Å². The number of ether oxygens (including phenoxy) is 5. The Hall–Kier alpha value is -4.02. The third-order valence-corrected chi connectivity index (χ3v) is 10.5. The fraction of sp³-hybridized carbons (Fsp3) is 0.542. The van der Waals surface area contributed by atoms with Crippen LogP contribution in [-0.2, 0) is 48.3 Å². The molecular formula is C48H66N2O7. The van der Waals surface area contributed by atoms with Crippen LogP contribution in [-0.4, -0.2) is 77.2 Å². The minimum absolute atomic E-state index is 0.0812. The van der Waals surface area contributed by atoms with E-state index < -0.39 is 48.4 Å². The maximum absolute atomic E-state index is 15.3. The molecular weight excluding hydrogens is 717 g/mol. The van der Waals surface area contributed by atoms with Crippen LogP contribution in [0.5, 0.6) is 0 Å². The van der Waals surface area contributed by atoms with Crippen LogP contribution in [0.1, 0.15) is 96.8 Å². The number of benzene rings is 3. The van der Waals surface area contributed by atoms with Crippen LogP contribution in [0, 0.1) is 11.8 Å². The maximum Gasteiger partial charge on any atom is 0.410 e. The van der Waals surface area contributed by atoms with Crippen LogP contribution < -0.4 is 0 Å². The van der Waals surface area contributed by atoms with Gasteiger partial charge in [0.25, 0.3) is 0 Å². The van der Waals surface area contributed by atoms with Crippen molar-refractivity contribution in [2.75, 3.05) is 13.1 Å². The molecule has 0 radical (unpaired) electrons. The minimum atomic E-state index is -0.856. The van der Waals surface area contributed by atoms with E-state index in [1.54, 1.807) is 4.90 Å². The summed E-state index contributed by atoms with van der Waals surface area (Å²) in [4.78, 5) is 32.7. The van der Waals surface area contributed by atoms with Gasteiger partial charge in [-0.2, -0.15) is 0 Å². The molecule has 2 aliphatic rings. The lowest BCUT2D eigenvalue weighted by atomic mass is 9.93. The van der Waals surface area contributed by atoms with Crippen LogP contribution in [0.3, 0.4) is 0 Å². The molecule has 310 valence electrons. The summed E-state index contributed by atoms with van der Waals surface area (Å²) in [6, 6.07) is 29.4. The first-order valence-electron chi connectivity index (χ1n) is 21.0. The van der Waals surface area contributed by atoms with Gasteiger partial charge >= 0.3 is 6.09 Å². The van der Waals surface area contributed by atoms with Gasteiger partial charge < -0.3 is 28.6 Å². The van der Waals surface area contributed by atoms with E-state index in [1.165, 1.54) is 0 Å². The SMILES string of the molecule is C=CCC1OC(N(CC(C)C)C(=O)C2CC(CCCCC)CN2C(=O)OC(C)(C)C)C(OCc2ccccc2)C(OCc2ccccc2)C1OCc1ccccc1.